The molecule has 0 amide bonds. The number of aliphatic hydroxyl groups is 1. The quantitative estimate of drug-likeness (QED) is 0.290. The lowest BCUT2D eigenvalue weighted by Crippen LogP contribution is -2.45. The Kier molecular flexibility index (Phi) is 10.5. The Labute approximate surface area is 192 Å². The fraction of sp³-hybridized carbons (Fsp3) is 0.458. The minimum atomic E-state index is -0.130. The Hall–Kier alpha value is -1.60. The number of aliphatic imine (C=N–C) groups is 1. The summed E-state index contributed by atoms with van der Waals surface area (Å²) in [6.45, 7) is 3.71. The van der Waals surface area contributed by atoms with Gasteiger partial charge in [0.25, 0.3) is 0 Å². The predicted molar refractivity (Wildman–Crippen MR) is 132 cm³/mol. The Morgan fingerprint density at radius 2 is 1.52 bits per heavy atom. The smallest absolute Gasteiger partial charge is 0.191 e. The van der Waals surface area contributed by atoms with E-state index in [0.717, 1.165) is 51.2 Å². The van der Waals surface area contributed by atoms with Crippen molar-refractivity contribution in [1.82, 2.24) is 10.6 Å². The van der Waals surface area contributed by atoms with Gasteiger partial charge in [-0.2, -0.15) is 0 Å². The molecule has 0 atom stereocenters. The van der Waals surface area contributed by atoms with Gasteiger partial charge in [0.2, 0.25) is 0 Å². The van der Waals surface area contributed by atoms with E-state index in [-0.39, 0.29) is 30.1 Å². The average Bonchev–Trinajstić information content (AvgIpc) is 2.74. The highest BCUT2D eigenvalue weighted by Gasteiger charge is 2.20. The fourth-order valence-electron chi connectivity index (χ4n) is 3.94. The van der Waals surface area contributed by atoms with E-state index in [0.29, 0.717) is 12.0 Å². The average molecular weight is 507 g/mol. The summed E-state index contributed by atoms with van der Waals surface area (Å²) in [7, 11) is 0. The lowest BCUT2D eigenvalue weighted by molar-refractivity contribution is 0.120. The van der Waals surface area contributed by atoms with Crippen molar-refractivity contribution in [2.24, 2.45) is 4.99 Å². The molecule has 3 N–H and O–H groups in total. The third-order valence-corrected chi connectivity index (χ3v) is 5.47. The summed E-state index contributed by atoms with van der Waals surface area (Å²) in [4.78, 5) is 4.85. The number of hydrogen-bond acceptors (Lipinski definition) is 2. The van der Waals surface area contributed by atoms with Crippen molar-refractivity contribution in [2.45, 2.75) is 57.1 Å². The lowest BCUT2D eigenvalue weighted by atomic mass is 9.89. The maximum absolute atomic E-state index is 9.71. The van der Waals surface area contributed by atoms with Crippen LogP contribution in [-0.4, -0.2) is 36.3 Å². The largest absolute Gasteiger partial charge is 0.393 e. The first-order chi connectivity index (χ1) is 13.8. The molecule has 1 aliphatic rings. The van der Waals surface area contributed by atoms with Crippen LogP contribution in [0.3, 0.4) is 0 Å². The maximum Gasteiger partial charge on any atom is 0.191 e. The zero-order valence-electron chi connectivity index (χ0n) is 17.3. The minimum Gasteiger partial charge on any atom is -0.393 e. The summed E-state index contributed by atoms with van der Waals surface area (Å²) in [6.07, 6.45) is 4.59. The number of benzene rings is 2. The van der Waals surface area contributed by atoms with Gasteiger partial charge in [0.05, 0.1) is 6.10 Å². The first-order valence-electron chi connectivity index (χ1n) is 10.6. The van der Waals surface area contributed by atoms with Crippen molar-refractivity contribution in [3.05, 3.63) is 71.8 Å². The van der Waals surface area contributed by atoms with E-state index in [1.807, 2.05) is 0 Å². The minimum absolute atomic E-state index is 0. The maximum atomic E-state index is 9.71. The van der Waals surface area contributed by atoms with Crippen molar-refractivity contribution >= 4 is 29.9 Å². The number of guanidine groups is 1. The molecule has 3 rings (SSSR count). The van der Waals surface area contributed by atoms with Crippen LogP contribution in [0.4, 0.5) is 0 Å². The van der Waals surface area contributed by atoms with Gasteiger partial charge >= 0.3 is 0 Å². The van der Waals surface area contributed by atoms with Crippen molar-refractivity contribution < 1.29 is 5.11 Å². The summed E-state index contributed by atoms with van der Waals surface area (Å²) >= 11 is 0. The van der Waals surface area contributed by atoms with E-state index in [1.165, 1.54) is 11.1 Å². The third kappa shape index (κ3) is 7.63. The van der Waals surface area contributed by atoms with Crippen LogP contribution < -0.4 is 10.6 Å². The molecule has 29 heavy (non-hydrogen) atoms. The van der Waals surface area contributed by atoms with Gasteiger partial charge in [-0.05, 0) is 50.2 Å². The molecular formula is C24H34IN3O. The molecule has 1 saturated carbocycles. The highest BCUT2D eigenvalue weighted by atomic mass is 127. The van der Waals surface area contributed by atoms with E-state index in [4.69, 9.17) is 4.99 Å². The van der Waals surface area contributed by atoms with Crippen LogP contribution in [0.2, 0.25) is 0 Å². The van der Waals surface area contributed by atoms with Crippen molar-refractivity contribution in [3.63, 3.8) is 0 Å². The molecule has 0 unspecified atom stereocenters. The molecule has 0 heterocycles. The van der Waals surface area contributed by atoms with Crippen molar-refractivity contribution in [2.75, 3.05) is 13.1 Å². The standard InChI is InChI=1S/C24H33N3O.HI/c1-2-25-24(27-21-13-15-22(28)16-14-21)26-18-17-23(19-9-5-3-6-10-19)20-11-7-4-8-12-20;/h3-12,21-23,28H,2,13-18H2,1H3,(H2,25,26,27);1H. The molecule has 158 valence electrons. The zero-order chi connectivity index (χ0) is 19.6. The second kappa shape index (κ2) is 12.9. The molecule has 4 nitrogen and oxygen atoms in total. The van der Waals surface area contributed by atoms with E-state index >= 15 is 0 Å². The summed E-state index contributed by atoms with van der Waals surface area (Å²) in [5, 5.41) is 16.6. The highest BCUT2D eigenvalue weighted by molar-refractivity contribution is 14.0. The predicted octanol–water partition coefficient (Wildman–Crippen LogP) is 4.69. The Balaban J connectivity index is 0.00000300. The van der Waals surface area contributed by atoms with Crippen LogP contribution in [0, 0.1) is 0 Å². The number of aliphatic hydroxyl groups excluding tert-OH is 1. The summed E-state index contributed by atoms with van der Waals surface area (Å²) in [5.41, 5.74) is 2.67. The van der Waals surface area contributed by atoms with Crippen LogP contribution in [-0.2, 0) is 0 Å². The number of hydrogen-bond donors (Lipinski definition) is 3. The molecule has 0 saturated heterocycles. The van der Waals surface area contributed by atoms with Crippen LogP contribution in [0.15, 0.2) is 65.7 Å². The van der Waals surface area contributed by atoms with Crippen molar-refractivity contribution in [1.29, 1.82) is 0 Å². The van der Waals surface area contributed by atoms with Gasteiger partial charge in [-0.25, -0.2) is 0 Å². The Morgan fingerprint density at radius 1 is 0.966 bits per heavy atom. The van der Waals surface area contributed by atoms with Crippen LogP contribution in [0.25, 0.3) is 0 Å². The van der Waals surface area contributed by atoms with Crippen LogP contribution in [0.5, 0.6) is 0 Å². The monoisotopic (exact) mass is 507 g/mol. The second-order valence-electron chi connectivity index (χ2n) is 7.57. The third-order valence-electron chi connectivity index (χ3n) is 5.47. The topological polar surface area (TPSA) is 56.7 Å². The fourth-order valence-corrected chi connectivity index (χ4v) is 3.94. The van der Waals surface area contributed by atoms with Gasteiger partial charge < -0.3 is 15.7 Å². The number of nitrogens with zero attached hydrogens (tertiary/aromatic N) is 1. The molecule has 0 aliphatic heterocycles. The molecule has 0 spiro atoms. The van der Waals surface area contributed by atoms with E-state index in [1.54, 1.807) is 0 Å². The van der Waals surface area contributed by atoms with E-state index in [2.05, 4.69) is 78.2 Å². The molecule has 0 aromatic heterocycles. The molecule has 5 heteroatoms. The van der Waals surface area contributed by atoms with Crippen molar-refractivity contribution in [3.8, 4) is 0 Å². The first kappa shape index (κ1) is 23.7. The van der Waals surface area contributed by atoms with Gasteiger partial charge in [-0.1, -0.05) is 60.7 Å². The number of nitrogens with one attached hydrogen (secondary N) is 2. The van der Waals surface area contributed by atoms with Crippen LogP contribution in [0.1, 0.15) is 56.1 Å². The van der Waals surface area contributed by atoms with Gasteiger partial charge in [0.1, 0.15) is 0 Å². The second-order valence-corrected chi connectivity index (χ2v) is 7.57. The number of rotatable bonds is 7. The molecule has 0 radical (unpaired) electrons. The highest BCUT2D eigenvalue weighted by Crippen LogP contribution is 2.27. The summed E-state index contributed by atoms with van der Waals surface area (Å²) in [5.74, 6) is 1.24. The van der Waals surface area contributed by atoms with E-state index < -0.39 is 0 Å². The number of halogens is 1. The van der Waals surface area contributed by atoms with E-state index in [9.17, 15) is 5.11 Å². The van der Waals surface area contributed by atoms with Crippen LogP contribution >= 0.6 is 24.0 Å². The summed E-state index contributed by atoms with van der Waals surface area (Å²) < 4.78 is 0. The molecule has 2 aromatic rings. The van der Waals surface area contributed by atoms with Gasteiger partial charge in [-0.15, -0.1) is 24.0 Å². The Bertz CT molecular complexity index is 676. The van der Waals surface area contributed by atoms with Gasteiger partial charge in [0, 0.05) is 25.0 Å². The van der Waals surface area contributed by atoms with Gasteiger partial charge in [0.15, 0.2) is 5.96 Å². The molecule has 2 aromatic carbocycles. The lowest BCUT2D eigenvalue weighted by Gasteiger charge is -2.27. The zero-order valence-corrected chi connectivity index (χ0v) is 19.6. The van der Waals surface area contributed by atoms with Gasteiger partial charge in [-0.3, -0.25) is 4.99 Å². The molecule has 1 fully saturated rings. The summed E-state index contributed by atoms with van der Waals surface area (Å²) in [6, 6.07) is 21.8. The Morgan fingerprint density at radius 3 is 2.03 bits per heavy atom. The normalized spacial score (nSPS) is 19.5. The first-order valence-corrected chi connectivity index (χ1v) is 10.6. The molecule has 0 bridgehead atoms. The molecule has 1 aliphatic carbocycles. The SMILES string of the molecule is CCNC(=NCCC(c1ccccc1)c1ccccc1)NC1CCC(O)CC1.I. The molecular weight excluding hydrogens is 473 g/mol.